The molecule has 20 heavy (non-hydrogen) atoms. The molecular formula is C15H12BrClFNO. The average Bonchev–Trinajstić information content (AvgIpc) is 2.41. The highest BCUT2D eigenvalue weighted by atomic mass is 79.9. The number of nitrogens with two attached hydrogens (primary N) is 1. The number of halogens is 3. The van der Waals surface area contributed by atoms with Gasteiger partial charge in [-0.2, -0.15) is 0 Å². The summed E-state index contributed by atoms with van der Waals surface area (Å²) in [7, 11) is 0. The molecule has 0 saturated heterocycles. The number of ether oxygens (including phenoxy) is 1. The van der Waals surface area contributed by atoms with Gasteiger partial charge in [-0.25, -0.2) is 4.39 Å². The zero-order valence-corrected chi connectivity index (χ0v) is 12.8. The van der Waals surface area contributed by atoms with Gasteiger partial charge < -0.3 is 10.5 Å². The Balaban J connectivity index is 2.00. The van der Waals surface area contributed by atoms with E-state index >= 15 is 0 Å². The molecule has 1 heterocycles. The maximum absolute atomic E-state index is 14.1. The second-order valence-corrected chi connectivity index (χ2v) is 6.10. The third-order valence-electron chi connectivity index (χ3n) is 3.44. The summed E-state index contributed by atoms with van der Waals surface area (Å²) in [6.07, 6.45) is 0.0943. The van der Waals surface area contributed by atoms with Crippen LogP contribution in [0.3, 0.4) is 0 Å². The third kappa shape index (κ3) is 2.43. The first-order valence-corrected chi connectivity index (χ1v) is 7.39. The Morgan fingerprint density at radius 1 is 1.25 bits per heavy atom. The van der Waals surface area contributed by atoms with Gasteiger partial charge in [-0.1, -0.05) is 45.7 Å². The van der Waals surface area contributed by atoms with E-state index < -0.39 is 11.9 Å². The van der Waals surface area contributed by atoms with E-state index in [0.717, 1.165) is 10.0 Å². The minimum Gasteiger partial charge on any atom is -0.485 e. The first-order chi connectivity index (χ1) is 9.56. The zero-order chi connectivity index (χ0) is 14.3. The second kappa shape index (κ2) is 5.35. The highest BCUT2D eigenvalue weighted by molar-refractivity contribution is 9.10. The monoisotopic (exact) mass is 355 g/mol. The normalized spacial score (nSPS) is 21.2. The smallest absolute Gasteiger partial charge is 0.148 e. The van der Waals surface area contributed by atoms with Crippen LogP contribution in [0.15, 0.2) is 40.9 Å². The molecule has 0 aromatic heterocycles. The van der Waals surface area contributed by atoms with Gasteiger partial charge in [0.2, 0.25) is 0 Å². The first kappa shape index (κ1) is 13.9. The van der Waals surface area contributed by atoms with Crippen molar-refractivity contribution in [3.8, 4) is 5.75 Å². The van der Waals surface area contributed by atoms with Crippen molar-refractivity contribution in [2.75, 3.05) is 0 Å². The van der Waals surface area contributed by atoms with Crippen LogP contribution in [-0.4, -0.2) is 0 Å². The van der Waals surface area contributed by atoms with Crippen LogP contribution in [0.1, 0.15) is 29.7 Å². The SMILES string of the molecule is N[C@H]1CC(c2cccc(Cl)c2F)Oc2cc(Br)ccc21. The van der Waals surface area contributed by atoms with Crippen LogP contribution in [0, 0.1) is 5.82 Å². The molecule has 104 valence electrons. The van der Waals surface area contributed by atoms with Crippen LogP contribution in [0.5, 0.6) is 5.75 Å². The molecule has 1 aliphatic heterocycles. The molecule has 2 aromatic rings. The summed E-state index contributed by atoms with van der Waals surface area (Å²) in [6.45, 7) is 0. The lowest BCUT2D eigenvalue weighted by Gasteiger charge is -2.31. The van der Waals surface area contributed by atoms with Crippen molar-refractivity contribution < 1.29 is 9.13 Å². The lowest BCUT2D eigenvalue weighted by molar-refractivity contribution is 0.157. The van der Waals surface area contributed by atoms with E-state index in [1.54, 1.807) is 12.1 Å². The molecule has 2 N–H and O–H groups in total. The summed E-state index contributed by atoms with van der Waals surface area (Å²) in [5.41, 5.74) is 7.54. The van der Waals surface area contributed by atoms with Crippen molar-refractivity contribution >= 4 is 27.5 Å². The van der Waals surface area contributed by atoms with Crippen LogP contribution in [0.4, 0.5) is 4.39 Å². The predicted molar refractivity (Wildman–Crippen MR) is 80.5 cm³/mol. The lowest BCUT2D eigenvalue weighted by Crippen LogP contribution is -2.24. The summed E-state index contributed by atoms with van der Waals surface area (Å²) >= 11 is 9.22. The van der Waals surface area contributed by atoms with Gasteiger partial charge in [0.25, 0.3) is 0 Å². The van der Waals surface area contributed by atoms with Gasteiger partial charge in [0.05, 0.1) is 5.02 Å². The van der Waals surface area contributed by atoms with Gasteiger partial charge >= 0.3 is 0 Å². The molecule has 0 fully saturated rings. The molecule has 5 heteroatoms. The molecule has 1 unspecified atom stereocenters. The van der Waals surface area contributed by atoms with E-state index in [9.17, 15) is 4.39 Å². The molecule has 3 rings (SSSR count). The summed E-state index contributed by atoms with van der Waals surface area (Å²) in [4.78, 5) is 0. The summed E-state index contributed by atoms with van der Waals surface area (Å²) < 4.78 is 20.9. The van der Waals surface area contributed by atoms with Crippen molar-refractivity contribution in [2.24, 2.45) is 5.73 Å². The molecule has 0 spiro atoms. The highest BCUT2D eigenvalue weighted by Crippen LogP contribution is 2.41. The lowest BCUT2D eigenvalue weighted by atomic mass is 9.93. The number of hydrogen-bond donors (Lipinski definition) is 1. The molecule has 0 radical (unpaired) electrons. The van der Waals surface area contributed by atoms with Crippen molar-refractivity contribution in [1.29, 1.82) is 0 Å². The molecule has 0 amide bonds. The van der Waals surface area contributed by atoms with Crippen LogP contribution >= 0.6 is 27.5 Å². The third-order valence-corrected chi connectivity index (χ3v) is 4.23. The largest absolute Gasteiger partial charge is 0.485 e. The van der Waals surface area contributed by atoms with E-state index in [1.807, 2.05) is 18.2 Å². The molecular weight excluding hydrogens is 345 g/mol. The van der Waals surface area contributed by atoms with E-state index in [1.165, 1.54) is 6.07 Å². The Morgan fingerprint density at radius 2 is 2.05 bits per heavy atom. The predicted octanol–water partition coefficient (Wildman–Crippen LogP) is 4.77. The quantitative estimate of drug-likeness (QED) is 0.799. The molecule has 2 aromatic carbocycles. The maximum atomic E-state index is 14.1. The van der Waals surface area contributed by atoms with Gasteiger partial charge in [0.1, 0.15) is 17.7 Å². The molecule has 0 saturated carbocycles. The fourth-order valence-electron chi connectivity index (χ4n) is 2.44. The van der Waals surface area contributed by atoms with Crippen molar-refractivity contribution in [1.82, 2.24) is 0 Å². The minimum atomic E-state index is -0.440. The van der Waals surface area contributed by atoms with E-state index in [0.29, 0.717) is 17.7 Å². The molecule has 1 aliphatic rings. The number of benzene rings is 2. The summed E-state index contributed by atoms with van der Waals surface area (Å²) in [5.74, 6) is 0.243. The van der Waals surface area contributed by atoms with Crippen LogP contribution < -0.4 is 10.5 Å². The van der Waals surface area contributed by atoms with Crippen LogP contribution in [0.2, 0.25) is 5.02 Å². The van der Waals surface area contributed by atoms with E-state index in [2.05, 4.69) is 15.9 Å². The first-order valence-electron chi connectivity index (χ1n) is 6.22. The summed E-state index contributed by atoms with van der Waals surface area (Å²) in [6, 6.07) is 10.4. The fourth-order valence-corrected chi connectivity index (χ4v) is 2.96. The van der Waals surface area contributed by atoms with Gasteiger partial charge in [-0.15, -0.1) is 0 Å². The Labute approximate surface area is 129 Å². The van der Waals surface area contributed by atoms with Gasteiger partial charge in [-0.3, -0.25) is 0 Å². The number of rotatable bonds is 1. The van der Waals surface area contributed by atoms with E-state index in [4.69, 9.17) is 22.1 Å². The van der Waals surface area contributed by atoms with Gasteiger partial charge in [0, 0.05) is 28.1 Å². The van der Waals surface area contributed by atoms with Crippen molar-refractivity contribution in [2.45, 2.75) is 18.6 Å². The Kier molecular flexibility index (Phi) is 3.71. The van der Waals surface area contributed by atoms with E-state index in [-0.39, 0.29) is 11.1 Å². The second-order valence-electron chi connectivity index (χ2n) is 4.77. The Bertz CT molecular complexity index is 664. The topological polar surface area (TPSA) is 35.2 Å². The van der Waals surface area contributed by atoms with Crippen molar-refractivity contribution in [3.63, 3.8) is 0 Å². The molecule has 2 atom stereocenters. The standard InChI is InChI=1S/C15H12BrClFNO/c16-8-4-5-9-12(19)7-14(20-13(9)6-8)10-2-1-3-11(17)15(10)18/h1-6,12,14H,7,19H2/t12-,14?/m0/s1. The average molecular weight is 357 g/mol. The molecule has 0 aliphatic carbocycles. The molecule has 0 bridgehead atoms. The number of fused-ring (bicyclic) bond motifs is 1. The van der Waals surface area contributed by atoms with Gasteiger partial charge in [-0.05, 0) is 18.2 Å². The summed E-state index contributed by atoms with van der Waals surface area (Å²) in [5, 5.41) is 0.0970. The maximum Gasteiger partial charge on any atom is 0.148 e. The van der Waals surface area contributed by atoms with Crippen LogP contribution in [-0.2, 0) is 0 Å². The minimum absolute atomic E-state index is 0.0970. The Hall–Kier alpha value is -1.10. The fraction of sp³-hybridized carbons (Fsp3) is 0.200. The van der Waals surface area contributed by atoms with Crippen LogP contribution in [0.25, 0.3) is 0 Å². The highest BCUT2D eigenvalue weighted by Gasteiger charge is 2.29. The zero-order valence-electron chi connectivity index (χ0n) is 10.4. The van der Waals surface area contributed by atoms with Crippen molar-refractivity contribution in [3.05, 3.63) is 62.8 Å². The van der Waals surface area contributed by atoms with Gasteiger partial charge in [0.15, 0.2) is 0 Å². The Morgan fingerprint density at radius 3 is 2.85 bits per heavy atom. The number of hydrogen-bond acceptors (Lipinski definition) is 2. The molecule has 2 nitrogen and oxygen atoms in total.